The van der Waals surface area contributed by atoms with Crippen LogP contribution >= 0.6 is 0 Å². The first-order valence-corrected chi connectivity index (χ1v) is 6.35. The SMILES string of the molecule is NS(=O)(=O)CCNC(=O)c1cc(F)c(F)c(F)c1. The Morgan fingerprint density at radius 2 is 1.72 bits per heavy atom. The molecule has 1 aromatic carbocycles. The van der Waals surface area contributed by atoms with Gasteiger partial charge in [0.25, 0.3) is 5.91 Å². The molecule has 1 aromatic rings. The summed E-state index contributed by atoms with van der Waals surface area (Å²) in [5, 5.41) is 6.76. The summed E-state index contributed by atoms with van der Waals surface area (Å²) in [6.45, 7) is -0.321. The van der Waals surface area contributed by atoms with E-state index in [1.807, 2.05) is 0 Å². The topological polar surface area (TPSA) is 89.3 Å². The van der Waals surface area contributed by atoms with Crippen molar-refractivity contribution in [3.05, 3.63) is 35.1 Å². The van der Waals surface area contributed by atoms with E-state index >= 15 is 0 Å². The number of amides is 1. The zero-order valence-electron chi connectivity index (χ0n) is 8.91. The molecule has 0 fully saturated rings. The first-order valence-electron chi connectivity index (χ1n) is 4.64. The predicted octanol–water partition coefficient (Wildman–Crippen LogP) is 0.122. The van der Waals surface area contributed by atoms with Gasteiger partial charge in [-0.05, 0) is 12.1 Å². The number of carbonyl (C=O) groups is 1. The zero-order chi connectivity index (χ0) is 13.9. The summed E-state index contributed by atoms with van der Waals surface area (Å²) in [6, 6.07) is 1.01. The molecule has 0 unspecified atom stereocenters. The molecular weight excluding hydrogens is 273 g/mol. The van der Waals surface area contributed by atoms with Gasteiger partial charge in [0.15, 0.2) is 17.5 Å². The first-order chi connectivity index (χ1) is 8.20. The van der Waals surface area contributed by atoms with Crippen molar-refractivity contribution in [1.29, 1.82) is 0 Å². The standard InChI is InChI=1S/C9H9F3N2O3S/c10-6-3-5(4-7(11)8(6)12)9(15)14-1-2-18(13,16)17/h3-4H,1-2H2,(H,14,15)(H2,13,16,17). The minimum Gasteiger partial charge on any atom is -0.351 e. The molecule has 0 heterocycles. The number of hydrogen-bond acceptors (Lipinski definition) is 3. The van der Waals surface area contributed by atoms with Crippen molar-refractivity contribution in [2.45, 2.75) is 0 Å². The third kappa shape index (κ3) is 4.00. The smallest absolute Gasteiger partial charge is 0.251 e. The summed E-state index contributed by atoms with van der Waals surface area (Å²) < 4.78 is 59.3. The van der Waals surface area contributed by atoms with Crippen LogP contribution in [-0.2, 0) is 10.0 Å². The lowest BCUT2D eigenvalue weighted by Gasteiger charge is -2.05. The van der Waals surface area contributed by atoms with E-state index in [-0.39, 0.29) is 6.54 Å². The van der Waals surface area contributed by atoms with Crippen molar-refractivity contribution in [2.75, 3.05) is 12.3 Å². The van der Waals surface area contributed by atoms with Gasteiger partial charge in [-0.1, -0.05) is 0 Å². The summed E-state index contributed by atoms with van der Waals surface area (Å²) in [6.07, 6.45) is 0. The van der Waals surface area contributed by atoms with E-state index in [1.165, 1.54) is 0 Å². The fraction of sp³-hybridized carbons (Fsp3) is 0.222. The Balaban J connectivity index is 2.74. The Hall–Kier alpha value is -1.61. The molecule has 3 N–H and O–H groups in total. The molecule has 0 aromatic heterocycles. The van der Waals surface area contributed by atoms with E-state index in [0.717, 1.165) is 0 Å². The van der Waals surface area contributed by atoms with Gasteiger partial charge in [-0.2, -0.15) is 0 Å². The normalized spacial score (nSPS) is 11.3. The molecule has 9 heteroatoms. The number of halogens is 3. The Bertz CT molecular complexity index is 551. The van der Waals surface area contributed by atoms with Gasteiger partial charge < -0.3 is 5.32 Å². The predicted molar refractivity (Wildman–Crippen MR) is 56.6 cm³/mol. The summed E-state index contributed by atoms with van der Waals surface area (Å²) in [7, 11) is -3.75. The molecule has 1 amide bonds. The van der Waals surface area contributed by atoms with E-state index in [4.69, 9.17) is 0 Å². The summed E-state index contributed by atoms with van der Waals surface area (Å²) in [4.78, 5) is 11.3. The van der Waals surface area contributed by atoms with Crippen LogP contribution in [0.1, 0.15) is 10.4 Å². The third-order valence-corrected chi connectivity index (χ3v) is 2.69. The number of primary sulfonamides is 1. The summed E-state index contributed by atoms with van der Waals surface area (Å²) in [5.74, 6) is -6.16. The third-order valence-electron chi connectivity index (χ3n) is 1.92. The molecule has 18 heavy (non-hydrogen) atoms. The van der Waals surface area contributed by atoms with Crippen LogP contribution in [0, 0.1) is 17.5 Å². The van der Waals surface area contributed by atoms with Crippen molar-refractivity contribution >= 4 is 15.9 Å². The van der Waals surface area contributed by atoms with E-state index in [0.29, 0.717) is 12.1 Å². The molecule has 0 aliphatic rings. The Morgan fingerprint density at radius 3 is 2.17 bits per heavy atom. The molecule has 0 bridgehead atoms. The molecule has 0 spiro atoms. The van der Waals surface area contributed by atoms with Gasteiger partial charge in [0.2, 0.25) is 10.0 Å². The Morgan fingerprint density at radius 1 is 1.22 bits per heavy atom. The van der Waals surface area contributed by atoms with E-state index in [2.05, 4.69) is 10.5 Å². The Kier molecular flexibility index (Phi) is 4.30. The molecule has 0 aliphatic carbocycles. The van der Waals surface area contributed by atoms with Crippen LogP contribution in [0.15, 0.2) is 12.1 Å². The Labute approximate surface area is 101 Å². The van der Waals surface area contributed by atoms with Crippen LogP contribution in [0.4, 0.5) is 13.2 Å². The lowest BCUT2D eigenvalue weighted by molar-refractivity contribution is 0.0955. The highest BCUT2D eigenvalue weighted by molar-refractivity contribution is 7.89. The van der Waals surface area contributed by atoms with Crippen LogP contribution in [0.5, 0.6) is 0 Å². The average molecular weight is 282 g/mol. The van der Waals surface area contributed by atoms with Crippen molar-refractivity contribution in [1.82, 2.24) is 5.32 Å². The molecule has 1 rings (SSSR count). The van der Waals surface area contributed by atoms with Gasteiger partial charge in [0.1, 0.15) is 0 Å². The number of hydrogen-bond donors (Lipinski definition) is 2. The van der Waals surface area contributed by atoms with Crippen molar-refractivity contribution < 1.29 is 26.4 Å². The molecule has 0 radical (unpaired) electrons. The number of sulfonamides is 1. The highest BCUT2D eigenvalue weighted by atomic mass is 32.2. The quantitative estimate of drug-likeness (QED) is 0.769. The van der Waals surface area contributed by atoms with Crippen LogP contribution < -0.4 is 10.5 Å². The van der Waals surface area contributed by atoms with Gasteiger partial charge in [0.05, 0.1) is 5.75 Å². The van der Waals surface area contributed by atoms with Crippen LogP contribution in [0.25, 0.3) is 0 Å². The summed E-state index contributed by atoms with van der Waals surface area (Å²) >= 11 is 0. The van der Waals surface area contributed by atoms with Crippen LogP contribution in [-0.4, -0.2) is 26.6 Å². The maximum absolute atomic E-state index is 12.8. The maximum atomic E-state index is 12.8. The van der Waals surface area contributed by atoms with Gasteiger partial charge in [-0.15, -0.1) is 0 Å². The van der Waals surface area contributed by atoms with E-state index < -0.39 is 44.7 Å². The van der Waals surface area contributed by atoms with Crippen molar-refractivity contribution in [3.8, 4) is 0 Å². The van der Waals surface area contributed by atoms with E-state index in [1.54, 1.807) is 0 Å². The highest BCUT2D eigenvalue weighted by Gasteiger charge is 2.15. The fourth-order valence-corrected chi connectivity index (χ4v) is 1.48. The highest BCUT2D eigenvalue weighted by Crippen LogP contribution is 2.13. The largest absolute Gasteiger partial charge is 0.351 e. The van der Waals surface area contributed by atoms with Gasteiger partial charge in [-0.25, -0.2) is 26.7 Å². The molecule has 0 aliphatic heterocycles. The number of benzene rings is 1. The maximum Gasteiger partial charge on any atom is 0.251 e. The fourth-order valence-electron chi connectivity index (χ4n) is 1.10. The molecule has 0 saturated heterocycles. The molecule has 100 valence electrons. The number of nitrogens with one attached hydrogen (secondary N) is 1. The second-order valence-electron chi connectivity index (χ2n) is 3.38. The monoisotopic (exact) mass is 282 g/mol. The lowest BCUT2D eigenvalue weighted by atomic mass is 10.2. The van der Waals surface area contributed by atoms with Gasteiger partial charge in [-0.3, -0.25) is 4.79 Å². The zero-order valence-corrected chi connectivity index (χ0v) is 9.73. The minimum atomic E-state index is -3.75. The van der Waals surface area contributed by atoms with Gasteiger partial charge in [0, 0.05) is 12.1 Å². The number of nitrogens with two attached hydrogens (primary N) is 1. The number of rotatable bonds is 4. The van der Waals surface area contributed by atoms with E-state index in [9.17, 15) is 26.4 Å². The number of carbonyl (C=O) groups excluding carboxylic acids is 1. The molecule has 0 atom stereocenters. The second kappa shape index (κ2) is 5.36. The first kappa shape index (κ1) is 14.5. The molecular formula is C9H9F3N2O3S. The van der Waals surface area contributed by atoms with Crippen LogP contribution in [0.2, 0.25) is 0 Å². The second-order valence-corrected chi connectivity index (χ2v) is 5.11. The van der Waals surface area contributed by atoms with Crippen LogP contribution in [0.3, 0.4) is 0 Å². The lowest BCUT2D eigenvalue weighted by Crippen LogP contribution is -2.31. The molecule has 0 saturated carbocycles. The van der Waals surface area contributed by atoms with Crippen molar-refractivity contribution in [2.24, 2.45) is 5.14 Å². The van der Waals surface area contributed by atoms with Crippen molar-refractivity contribution in [3.63, 3.8) is 0 Å². The average Bonchev–Trinajstić information content (AvgIpc) is 2.23. The summed E-state index contributed by atoms with van der Waals surface area (Å²) in [5.41, 5.74) is -0.458. The molecule has 5 nitrogen and oxygen atoms in total. The van der Waals surface area contributed by atoms with Gasteiger partial charge >= 0.3 is 0 Å². The minimum absolute atomic E-state index is 0.321.